The highest BCUT2D eigenvalue weighted by molar-refractivity contribution is 9.10. The van der Waals surface area contributed by atoms with Gasteiger partial charge in [-0.15, -0.1) is 11.3 Å². The Morgan fingerprint density at radius 2 is 2.09 bits per heavy atom. The zero-order valence-corrected chi connectivity index (χ0v) is 17.1. The standard InChI is InChI=1S/C16H24BrClN2O2S/c1-15(2,3)22-14(21)19-9-16(4,10-5-6-10)20-8-11-7-12(17)13(18)23-11/h7,10,20H,5-6,8-9H2,1-4H3,(H,19,21). The molecular weight excluding hydrogens is 400 g/mol. The Labute approximate surface area is 155 Å². The summed E-state index contributed by atoms with van der Waals surface area (Å²) in [5.41, 5.74) is -0.618. The predicted octanol–water partition coefficient (Wildman–Crippen LogP) is 4.95. The van der Waals surface area contributed by atoms with E-state index in [-0.39, 0.29) is 11.6 Å². The average molecular weight is 424 g/mol. The van der Waals surface area contributed by atoms with Crippen molar-refractivity contribution in [3.63, 3.8) is 0 Å². The second kappa shape index (κ2) is 7.30. The number of halogens is 2. The van der Waals surface area contributed by atoms with Crippen molar-refractivity contribution in [3.05, 3.63) is 19.8 Å². The van der Waals surface area contributed by atoms with Crippen LogP contribution in [0.25, 0.3) is 0 Å². The second-order valence-corrected chi connectivity index (χ2v) is 9.83. The van der Waals surface area contributed by atoms with E-state index >= 15 is 0 Å². The van der Waals surface area contributed by atoms with E-state index in [2.05, 4.69) is 33.5 Å². The summed E-state index contributed by atoms with van der Waals surface area (Å²) < 4.78 is 7.01. The minimum atomic E-state index is -0.479. The molecule has 1 heterocycles. The molecule has 0 aliphatic heterocycles. The van der Waals surface area contributed by atoms with Crippen molar-refractivity contribution in [2.75, 3.05) is 6.54 Å². The lowest BCUT2D eigenvalue weighted by Crippen LogP contribution is -2.53. The number of alkyl carbamates (subject to hydrolysis) is 1. The third-order valence-corrected chi connectivity index (χ3v) is 6.31. The molecular formula is C16H24BrClN2O2S. The summed E-state index contributed by atoms with van der Waals surface area (Å²) in [6, 6.07) is 2.04. The first kappa shape index (κ1) is 19.0. The van der Waals surface area contributed by atoms with E-state index in [0.717, 1.165) is 15.4 Å². The van der Waals surface area contributed by atoms with Crippen LogP contribution in [0, 0.1) is 5.92 Å². The number of thiophene rings is 1. The van der Waals surface area contributed by atoms with E-state index in [0.29, 0.717) is 12.5 Å². The maximum atomic E-state index is 11.9. The Hall–Kier alpha value is -0.300. The molecule has 0 saturated heterocycles. The first-order valence-electron chi connectivity index (χ1n) is 7.75. The van der Waals surface area contributed by atoms with Crippen molar-refractivity contribution in [2.45, 2.75) is 58.2 Å². The molecule has 4 nitrogen and oxygen atoms in total. The lowest BCUT2D eigenvalue weighted by Gasteiger charge is -2.32. The fraction of sp³-hybridized carbons (Fsp3) is 0.688. The van der Waals surface area contributed by atoms with Crippen LogP contribution in [0.5, 0.6) is 0 Å². The summed E-state index contributed by atoms with van der Waals surface area (Å²) in [7, 11) is 0. The minimum absolute atomic E-state index is 0.139. The zero-order valence-electron chi connectivity index (χ0n) is 14.0. The third kappa shape index (κ3) is 5.93. The summed E-state index contributed by atoms with van der Waals surface area (Å²) in [4.78, 5) is 13.1. The van der Waals surface area contributed by atoms with Gasteiger partial charge in [0.25, 0.3) is 0 Å². The maximum absolute atomic E-state index is 11.9. The van der Waals surface area contributed by atoms with Gasteiger partial charge in [0.15, 0.2) is 0 Å². The molecule has 1 saturated carbocycles. The van der Waals surface area contributed by atoms with Crippen LogP contribution >= 0.6 is 38.9 Å². The van der Waals surface area contributed by atoms with Crippen molar-refractivity contribution in [2.24, 2.45) is 5.92 Å². The number of nitrogens with one attached hydrogen (secondary N) is 2. The Morgan fingerprint density at radius 3 is 2.57 bits per heavy atom. The smallest absolute Gasteiger partial charge is 0.407 e. The molecule has 0 bridgehead atoms. The zero-order chi connectivity index (χ0) is 17.3. The van der Waals surface area contributed by atoms with E-state index in [1.54, 1.807) is 11.3 Å². The van der Waals surface area contributed by atoms with Gasteiger partial charge in [-0.1, -0.05) is 11.6 Å². The Balaban J connectivity index is 1.90. The number of carbonyl (C=O) groups excluding carboxylic acids is 1. The van der Waals surface area contributed by atoms with Crippen LogP contribution in [-0.4, -0.2) is 23.8 Å². The molecule has 2 N–H and O–H groups in total. The molecule has 7 heteroatoms. The fourth-order valence-electron chi connectivity index (χ4n) is 2.41. The van der Waals surface area contributed by atoms with Crippen molar-refractivity contribution in [1.82, 2.24) is 10.6 Å². The van der Waals surface area contributed by atoms with Crippen LogP contribution in [0.1, 0.15) is 45.4 Å². The summed E-state index contributed by atoms with van der Waals surface area (Å²) >= 11 is 11.1. The topological polar surface area (TPSA) is 50.4 Å². The minimum Gasteiger partial charge on any atom is -0.444 e. The molecule has 1 amide bonds. The van der Waals surface area contributed by atoms with Crippen molar-refractivity contribution >= 4 is 45.0 Å². The molecule has 130 valence electrons. The van der Waals surface area contributed by atoms with Crippen LogP contribution in [-0.2, 0) is 11.3 Å². The quantitative estimate of drug-likeness (QED) is 0.681. The summed E-state index contributed by atoms with van der Waals surface area (Å²) in [5, 5.41) is 6.49. The van der Waals surface area contributed by atoms with Gasteiger partial charge >= 0.3 is 6.09 Å². The van der Waals surface area contributed by atoms with E-state index < -0.39 is 5.60 Å². The molecule has 1 atom stereocenters. The number of amides is 1. The van der Waals surface area contributed by atoms with Crippen LogP contribution in [0.15, 0.2) is 10.5 Å². The molecule has 0 radical (unpaired) electrons. The number of carbonyl (C=O) groups is 1. The van der Waals surface area contributed by atoms with Crippen LogP contribution in [0.2, 0.25) is 4.34 Å². The van der Waals surface area contributed by atoms with Crippen LogP contribution in [0.3, 0.4) is 0 Å². The molecule has 1 unspecified atom stereocenters. The number of ether oxygens (including phenoxy) is 1. The highest BCUT2D eigenvalue weighted by Crippen LogP contribution is 2.40. The molecule has 1 aliphatic carbocycles. The van der Waals surface area contributed by atoms with Gasteiger partial charge in [-0.25, -0.2) is 4.79 Å². The SMILES string of the molecule is CC(C)(C)OC(=O)NCC(C)(NCc1cc(Br)c(Cl)s1)C1CC1. The Kier molecular flexibility index (Phi) is 6.04. The third-order valence-electron chi connectivity index (χ3n) is 3.84. The van der Waals surface area contributed by atoms with Gasteiger partial charge in [0, 0.05) is 28.0 Å². The maximum Gasteiger partial charge on any atom is 0.407 e. The number of hydrogen-bond donors (Lipinski definition) is 2. The summed E-state index contributed by atoms with van der Waals surface area (Å²) in [6.07, 6.45) is 2.01. The van der Waals surface area contributed by atoms with Gasteiger partial charge in [-0.05, 0) is 68.5 Å². The Bertz CT molecular complexity index is 549. The summed E-state index contributed by atoms with van der Waals surface area (Å²) in [5.74, 6) is 0.580. The van der Waals surface area contributed by atoms with Gasteiger partial charge < -0.3 is 15.4 Å². The number of hydrogen-bond acceptors (Lipinski definition) is 4. The predicted molar refractivity (Wildman–Crippen MR) is 99.2 cm³/mol. The van der Waals surface area contributed by atoms with Gasteiger partial charge in [0.05, 0.1) is 0 Å². The molecule has 0 spiro atoms. The monoisotopic (exact) mass is 422 g/mol. The molecule has 1 aromatic rings. The van der Waals surface area contributed by atoms with Gasteiger partial charge in [-0.2, -0.15) is 0 Å². The lowest BCUT2D eigenvalue weighted by molar-refractivity contribution is 0.0507. The normalized spacial score (nSPS) is 17.7. The highest BCUT2D eigenvalue weighted by atomic mass is 79.9. The van der Waals surface area contributed by atoms with Gasteiger partial charge in [-0.3, -0.25) is 0 Å². The van der Waals surface area contributed by atoms with Crippen molar-refractivity contribution in [1.29, 1.82) is 0 Å². The molecule has 1 aliphatic rings. The largest absolute Gasteiger partial charge is 0.444 e. The lowest BCUT2D eigenvalue weighted by atomic mass is 9.95. The summed E-state index contributed by atoms with van der Waals surface area (Å²) in [6.45, 7) is 9.04. The van der Waals surface area contributed by atoms with E-state index in [1.165, 1.54) is 17.7 Å². The van der Waals surface area contributed by atoms with Gasteiger partial charge in [0.1, 0.15) is 9.94 Å². The molecule has 2 rings (SSSR count). The number of rotatable bonds is 6. The molecule has 23 heavy (non-hydrogen) atoms. The van der Waals surface area contributed by atoms with Crippen molar-refractivity contribution < 1.29 is 9.53 Å². The van der Waals surface area contributed by atoms with E-state index in [4.69, 9.17) is 16.3 Å². The van der Waals surface area contributed by atoms with Crippen molar-refractivity contribution in [3.8, 4) is 0 Å². The fourth-order valence-corrected chi connectivity index (χ4v) is 4.14. The molecule has 0 aromatic carbocycles. The van der Waals surface area contributed by atoms with E-state index in [9.17, 15) is 4.79 Å². The van der Waals surface area contributed by atoms with Gasteiger partial charge in [0.2, 0.25) is 0 Å². The second-order valence-electron chi connectivity index (χ2n) is 7.24. The first-order valence-corrected chi connectivity index (χ1v) is 9.73. The Morgan fingerprint density at radius 1 is 1.43 bits per heavy atom. The molecule has 1 aromatic heterocycles. The van der Waals surface area contributed by atoms with Crippen LogP contribution < -0.4 is 10.6 Å². The molecule has 1 fully saturated rings. The van der Waals surface area contributed by atoms with Crippen LogP contribution in [0.4, 0.5) is 4.79 Å². The van der Waals surface area contributed by atoms with E-state index in [1.807, 2.05) is 26.8 Å². The average Bonchev–Trinajstić information content (AvgIpc) is 3.21. The highest BCUT2D eigenvalue weighted by Gasteiger charge is 2.41. The first-order chi connectivity index (χ1) is 10.6.